The van der Waals surface area contributed by atoms with E-state index >= 15 is 0 Å². The number of hydrogen-bond acceptors (Lipinski definition) is 5. The van der Waals surface area contributed by atoms with Crippen LogP contribution in [0, 0.1) is 5.92 Å². The van der Waals surface area contributed by atoms with Gasteiger partial charge in [0.15, 0.2) is 0 Å². The first-order valence-electron chi connectivity index (χ1n) is 4.18. The van der Waals surface area contributed by atoms with Crippen LogP contribution in [0.2, 0.25) is 0 Å². The van der Waals surface area contributed by atoms with Crippen LogP contribution in [0.3, 0.4) is 0 Å². The summed E-state index contributed by atoms with van der Waals surface area (Å²) in [7, 11) is 0. The second kappa shape index (κ2) is 5.03. The Bertz CT molecular complexity index is 197. The van der Waals surface area contributed by atoms with Crippen LogP contribution < -0.4 is 5.32 Å². The van der Waals surface area contributed by atoms with Gasteiger partial charge in [0, 0.05) is 18.1 Å². The lowest BCUT2D eigenvalue weighted by Crippen LogP contribution is -2.02. The van der Waals surface area contributed by atoms with Crippen molar-refractivity contribution in [1.82, 2.24) is 14.8 Å². The first-order chi connectivity index (χ1) is 5.79. The molecule has 1 heterocycles. The lowest BCUT2D eigenvalue weighted by Gasteiger charge is -2.03. The lowest BCUT2D eigenvalue weighted by atomic mass is 10.1. The Morgan fingerprint density at radius 3 is 2.92 bits per heavy atom. The van der Waals surface area contributed by atoms with E-state index in [1.165, 1.54) is 24.4 Å². The maximum atomic E-state index is 3.78. The molecule has 0 radical (unpaired) electrons. The number of anilines is 1. The molecule has 0 saturated heterocycles. The highest BCUT2D eigenvalue weighted by molar-refractivity contribution is 7.09. The molecule has 0 unspecified atom stereocenters. The minimum absolute atomic E-state index is 0.777. The number of nitrogens with one attached hydrogen (secondary N) is 1. The van der Waals surface area contributed by atoms with Gasteiger partial charge in [-0.15, -0.1) is 0 Å². The van der Waals surface area contributed by atoms with Gasteiger partial charge in [0.05, 0.1) is 0 Å². The maximum absolute atomic E-state index is 3.78. The van der Waals surface area contributed by atoms with Crippen LogP contribution >= 0.6 is 11.5 Å². The van der Waals surface area contributed by atoms with Gasteiger partial charge in [-0.05, 0) is 24.0 Å². The van der Waals surface area contributed by atoms with E-state index in [0.717, 1.165) is 17.6 Å². The van der Waals surface area contributed by atoms with E-state index in [-0.39, 0.29) is 0 Å². The van der Waals surface area contributed by atoms with Crippen LogP contribution in [0.1, 0.15) is 26.7 Å². The lowest BCUT2D eigenvalue weighted by molar-refractivity contribution is 0.567. The minimum Gasteiger partial charge on any atom is -0.359 e. The van der Waals surface area contributed by atoms with Gasteiger partial charge in [0.2, 0.25) is 5.13 Å². The minimum atomic E-state index is 0.777. The molecule has 12 heavy (non-hydrogen) atoms. The zero-order valence-corrected chi connectivity index (χ0v) is 8.27. The molecule has 0 aliphatic carbocycles. The Morgan fingerprint density at radius 2 is 2.33 bits per heavy atom. The average Bonchev–Trinajstić information content (AvgIpc) is 2.49. The van der Waals surface area contributed by atoms with Crippen molar-refractivity contribution in [3.63, 3.8) is 0 Å². The largest absolute Gasteiger partial charge is 0.359 e. The Balaban J connectivity index is 2.04. The van der Waals surface area contributed by atoms with Crippen molar-refractivity contribution in [2.45, 2.75) is 26.7 Å². The molecule has 0 bridgehead atoms. The summed E-state index contributed by atoms with van der Waals surface area (Å²) in [4.78, 5) is 0. The van der Waals surface area contributed by atoms with E-state index in [2.05, 4.69) is 34.0 Å². The molecule has 1 aromatic heterocycles. The fourth-order valence-electron chi connectivity index (χ4n) is 0.907. The van der Waals surface area contributed by atoms with Crippen LogP contribution in [0.15, 0.2) is 0 Å². The zero-order valence-electron chi connectivity index (χ0n) is 7.45. The fourth-order valence-corrected chi connectivity index (χ4v) is 1.30. The van der Waals surface area contributed by atoms with Gasteiger partial charge in [-0.1, -0.05) is 23.4 Å². The molecule has 1 aromatic rings. The number of aromatic nitrogens is 3. The van der Waals surface area contributed by atoms with E-state index < -0.39 is 0 Å². The molecule has 0 aliphatic heterocycles. The van der Waals surface area contributed by atoms with Gasteiger partial charge in [-0.2, -0.15) is 0 Å². The third kappa shape index (κ3) is 3.61. The van der Waals surface area contributed by atoms with Crippen LogP contribution in [0.4, 0.5) is 5.13 Å². The quantitative estimate of drug-likeness (QED) is 0.712. The van der Waals surface area contributed by atoms with Crippen molar-refractivity contribution in [2.24, 2.45) is 5.92 Å². The average molecular weight is 186 g/mol. The smallest absolute Gasteiger partial charge is 0.225 e. The molecule has 1 rings (SSSR count). The summed E-state index contributed by atoms with van der Waals surface area (Å²) in [5.74, 6) is 0.777. The van der Waals surface area contributed by atoms with Crippen LogP contribution in [-0.4, -0.2) is 21.3 Å². The highest BCUT2D eigenvalue weighted by Crippen LogP contribution is 2.07. The molecule has 0 aromatic carbocycles. The van der Waals surface area contributed by atoms with Crippen molar-refractivity contribution in [3.05, 3.63) is 0 Å². The van der Waals surface area contributed by atoms with Crippen molar-refractivity contribution >= 4 is 16.7 Å². The fraction of sp³-hybridized carbons (Fsp3) is 0.857. The monoisotopic (exact) mass is 186 g/mol. The van der Waals surface area contributed by atoms with Gasteiger partial charge in [0.1, 0.15) is 0 Å². The molecule has 68 valence electrons. The van der Waals surface area contributed by atoms with E-state index in [9.17, 15) is 0 Å². The van der Waals surface area contributed by atoms with Crippen LogP contribution in [-0.2, 0) is 0 Å². The van der Waals surface area contributed by atoms with Crippen molar-refractivity contribution < 1.29 is 0 Å². The predicted molar refractivity (Wildman–Crippen MR) is 50.3 cm³/mol. The van der Waals surface area contributed by atoms with Gasteiger partial charge < -0.3 is 5.32 Å². The number of hydrogen-bond donors (Lipinski definition) is 1. The normalized spacial score (nSPS) is 10.6. The van der Waals surface area contributed by atoms with E-state index in [0.29, 0.717) is 0 Å². The highest BCUT2D eigenvalue weighted by Gasteiger charge is 1.96. The van der Waals surface area contributed by atoms with Crippen molar-refractivity contribution in [3.8, 4) is 0 Å². The third-order valence-electron chi connectivity index (χ3n) is 1.53. The topological polar surface area (TPSA) is 50.7 Å². The number of rotatable bonds is 5. The summed E-state index contributed by atoms with van der Waals surface area (Å²) in [5.41, 5.74) is 0. The molecule has 0 spiro atoms. The summed E-state index contributed by atoms with van der Waals surface area (Å²) in [6, 6.07) is 0. The first kappa shape index (κ1) is 9.38. The predicted octanol–water partition coefficient (Wildman–Crippen LogP) is 1.78. The van der Waals surface area contributed by atoms with Crippen LogP contribution in [0.25, 0.3) is 0 Å². The molecule has 4 nitrogen and oxygen atoms in total. The molecular formula is C7H14N4S. The molecule has 0 amide bonds. The third-order valence-corrected chi connectivity index (χ3v) is 2.09. The number of nitrogens with zero attached hydrogens (tertiary/aromatic N) is 3. The Labute approximate surface area is 76.5 Å². The Kier molecular flexibility index (Phi) is 3.93. The van der Waals surface area contributed by atoms with E-state index in [1.54, 1.807) is 0 Å². The standard InChI is InChI=1S/C7H14N4S/c1-6(2)4-3-5-8-7-9-10-11-12-7/h6H,3-5H2,1-2H3,(H,8,9,11). The van der Waals surface area contributed by atoms with Gasteiger partial charge in [0.25, 0.3) is 0 Å². The van der Waals surface area contributed by atoms with Crippen molar-refractivity contribution in [1.29, 1.82) is 0 Å². The second-order valence-corrected chi connectivity index (χ2v) is 3.86. The summed E-state index contributed by atoms with van der Waals surface area (Å²) in [6.07, 6.45) is 2.43. The van der Waals surface area contributed by atoms with Gasteiger partial charge in [-0.25, -0.2) is 0 Å². The van der Waals surface area contributed by atoms with Crippen LogP contribution in [0.5, 0.6) is 0 Å². The molecule has 0 aliphatic rings. The van der Waals surface area contributed by atoms with Gasteiger partial charge >= 0.3 is 0 Å². The molecular weight excluding hydrogens is 172 g/mol. The molecule has 0 atom stereocenters. The molecule has 0 fully saturated rings. The Morgan fingerprint density at radius 1 is 1.50 bits per heavy atom. The summed E-state index contributed by atoms with van der Waals surface area (Å²) < 4.78 is 3.65. The molecule has 0 saturated carbocycles. The Hall–Kier alpha value is -0.710. The van der Waals surface area contributed by atoms with Gasteiger partial charge in [-0.3, -0.25) is 0 Å². The summed E-state index contributed by atoms with van der Waals surface area (Å²) in [6.45, 7) is 5.42. The first-order valence-corrected chi connectivity index (χ1v) is 4.95. The van der Waals surface area contributed by atoms with E-state index in [1.807, 2.05) is 0 Å². The molecule has 1 N–H and O–H groups in total. The summed E-state index contributed by atoms with van der Waals surface area (Å²) in [5, 5.41) is 11.3. The highest BCUT2D eigenvalue weighted by atomic mass is 32.1. The summed E-state index contributed by atoms with van der Waals surface area (Å²) >= 11 is 1.30. The second-order valence-electron chi connectivity index (χ2n) is 3.13. The maximum Gasteiger partial charge on any atom is 0.225 e. The van der Waals surface area contributed by atoms with E-state index in [4.69, 9.17) is 0 Å². The SMILES string of the molecule is CC(C)CCCNc1nnns1. The molecule has 5 heteroatoms. The zero-order chi connectivity index (χ0) is 8.81. The van der Waals surface area contributed by atoms with Crippen molar-refractivity contribution in [2.75, 3.05) is 11.9 Å².